The van der Waals surface area contributed by atoms with Crippen molar-refractivity contribution in [1.82, 2.24) is 0 Å². The molecule has 0 saturated heterocycles. The summed E-state index contributed by atoms with van der Waals surface area (Å²) in [7, 11) is 0. The van der Waals surface area contributed by atoms with Gasteiger partial charge >= 0.3 is 5.63 Å². The van der Waals surface area contributed by atoms with E-state index in [1.54, 1.807) is 0 Å². The van der Waals surface area contributed by atoms with Gasteiger partial charge in [0, 0.05) is 10.9 Å². The normalized spacial score (nSPS) is 12.0. The third-order valence-electron chi connectivity index (χ3n) is 2.82. The molecule has 0 aliphatic heterocycles. The Balaban J connectivity index is 2.92. The minimum atomic E-state index is -0.219. The monoisotopic (exact) mass is 216 g/mol. The molecular formula is C14H16O2. The lowest BCUT2D eigenvalue weighted by molar-refractivity contribution is 0.499. The van der Waals surface area contributed by atoms with Crippen molar-refractivity contribution < 1.29 is 4.42 Å². The molecule has 16 heavy (non-hydrogen) atoms. The Hall–Kier alpha value is -1.57. The summed E-state index contributed by atoms with van der Waals surface area (Å²) in [5, 5.41) is 1.02. The second-order valence-electron chi connectivity index (χ2n) is 5.14. The molecule has 2 heteroatoms. The van der Waals surface area contributed by atoms with Crippen molar-refractivity contribution in [2.75, 3.05) is 0 Å². The molecule has 84 valence electrons. The van der Waals surface area contributed by atoms with Crippen LogP contribution in [-0.4, -0.2) is 0 Å². The van der Waals surface area contributed by atoms with Crippen molar-refractivity contribution in [3.8, 4) is 0 Å². The second kappa shape index (κ2) is 3.48. The minimum absolute atomic E-state index is 0.186. The van der Waals surface area contributed by atoms with Gasteiger partial charge in [-0.05, 0) is 24.0 Å². The molecule has 1 aromatic heterocycles. The summed E-state index contributed by atoms with van der Waals surface area (Å²) in [4.78, 5) is 11.9. The third kappa shape index (κ3) is 1.64. The largest absolute Gasteiger partial charge is 0.422 e. The highest BCUT2D eigenvalue weighted by Crippen LogP contribution is 2.27. The van der Waals surface area contributed by atoms with Crippen LogP contribution < -0.4 is 5.63 Å². The van der Waals surface area contributed by atoms with E-state index in [1.165, 1.54) is 0 Å². The Morgan fingerprint density at radius 2 is 1.75 bits per heavy atom. The van der Waals surface area contributed by atoms with Crippen LogP contribution in [0.4, 0.5) is 0 Å². The van der Waals surface area contributed by atoms with Crippen LogP contribution in [0.5, 0.6) is 0 Å². The van der Waals surface area contributed by atoms with E-state index in [0.29, 0.717) is 5.58 Å². The quantitative estimate of drug-likeness (QED) is 0.632. The van der Waals surface area contributed by atoms with Crippen molar-refractivity contribution in [2.24, 2.45) is 0 Å². The number of para-hydroxylation sites is 1. The highest BCUT2D eigenvalue weighted by Gasteiger charge is 2.23. The molecule has 2 nitrogen and oxygen atoms in total. The highest BCUT2D eigenvalue weighted by atomic mass is 16.4. The lowest BCUT2D eigenvalue weighted by Gasteiger charge is -2.20. The molecule has 2 aromatic rings. The Morgan fingerprint density at radius 3 is 2.38 bits per heavy atom. The SMILES string of the molecule is Cc1c(C(C)(C)C)c(=O)oc2ccccc12. The average Bonchev–Trinajstić information content (AvgIpc) is 2.15. The van der Waals surface area contributed by atoms with Crippen LogP contribution in [0.2, 0.25) is 0 Å². The maximum absolute atomic E-state index is 11.9. The standard InChI is InChI=1S/C14H16O2/c1-9-10-7-5-6-8-11(10)16-13(15)12(9)14(2,3)4/h5-8H,1-4H3. The summed E-state index contributed by atoms with van der Waals surface area (Å²) in [5.74, 6) is 0. The zero-order valence-corrected chi connectivity index (χ0v) is 10.1. The van der Waals surface area contributed by atoms with Crippen molar-refractivity contribution in [2.45, 2.75) is 33.1 Å². The van der Waals surface area contributed by atoms with E-state index in [-0.39, 0.29) is 11.0 Å². The molecule has 0 amide bonds. The van der Waals surface area contributed by atoms with Gasteiger partial charge in [0.25, 0.3) is 0 Å². The molecule has 0 aliphatic carbocycles. The molecule has 0 N–H and O–H groups in total. The smallest absolute Gasteiger partial charge is 0.340 e. The van der Waals surface area contributed by atoms with Gasteiger partial charge in [0.05, 0.1) is 0 Å². The van der Waals surface area contributed by atoms with E-state index in [2.05, 4.69) is 0 Å². The highest BCUT2D eigenvalue weighted by molar-refractivity contribution is 5.81. The first-order chi connectivity index (χ1) is 7.41. The van der Waals surface area contributed by atoms with E-state index < -0.39 is 0 Å². The van der Waals surface area contributed by atoms with Gasteiger partial charge in [-0.3, -0.25) is 0 Å². The molecule has 0 spiro atoms. The van der Waals surface area contributed by atoms with E-state index in [4.69, 9.17) is 4.42 Å². The number of hydrogen-bond acceptors (Lipinski definition) is 2. The maximum Gasteiger partial charge on any atom is 0.340 e. The molecular weight excluding hydrogens is 200 g/mol. The zero-order chi connectivity index (χ0) is 11.9. The van der Waals surface area contributed by atoms with Crippen molar-refractivity contribution in [3.63, 3.8) is 0 Å². The third-order valence-corrected chi connectivity index (χ3v) is 2.82. The average molecular weight is 216 g/mol. The number of hydrogen-bond donors (Lipinski definition) is 0. The molecule has 1 heterocycles. The lowest BCUT2D eigenvalue weighted by atomic mass is 9.84. The van der Waals surface area contributed by atoms with E-state index in [9.17, 15) is 4.79 Å². The molecule has 0 unspecified atom stereocenters. The van der Waals surface area contributed by atoms with Gasteiger partial charge in [0.2, 0.25) is 0 Å². The zero-order valence-electron chi connectivity index (χ0n) is 10.1. The first kappa shape index (κ1) is 10.9. The summed E-state index contributed by atoms with van der Waals surface area (Å²) in [6.45, 7) is 8.07. The number of fused-ring (bicyclic) bond motifs is 1. The van der Waals surface area contributed by atoms with Crippen LogP contribution in [0.1, 0.15) is 31.9 Å². The Bertz CT molecular complexity index is 586. The predicted molar refractivity (Wildman–Crippen MR) is 65.9 cm³/mol. The molecule has 0 radical (unpaired) electrons. The fourth-order valence-electron chi connectivity index (χ4n) is 2.17. The Labute approximate surface area is 94.9 Å². The summed E-state index contributed by atoms with van der Waals surface area (Å²) < 4.78 is 5.34. The van der Waals surface area contributed by atoms with Gasteiger partial charge in [-0.1, -0.05) is 39.0 Å². The van der Waals surface area contributed by atoms with E-state index >= 15 is 0 Å². The van der Waals surface area contributed by atoms with Gasteiger partial charge in [0.15, 0.2) is 0 Å². The van der Waals surface area contributed by atoms with Crippen molar-refractivity contribution in [3.05, 3.63) is 45.8 Å². The molecule has 0 bridgehead atoms. The predicted octanol–water partition coefficient (Wildman–Crippen LogP) is 3.40. The Morgan fingerprint density at radius 1 is 1.12 bits per heavy atom. The lowest BCUT2D eigenvalue weighted by Crippen LogP contribution is -2.23. The molecule has 2 rings (SSSR count). The summed E-state index contributed by atoms with van der Waals surface area (Å²) in [5.41, 5.74) is 2.06. The van der Waals surface area contributed by atoms with Crippen LogP contribution in [0.3, 0.4) is 0 Å². The van der Waals surface area contributed by atoms with E-state index in [1.807, 2.05) is 52.0 Å². The minimum Gasteiger partial charge on any atom is -0.422 e. The van der Waals surface area contributed by atoms with Gasteiger partial charge < -0.3 is 4.42 Å². The topological polar surface area (TPSA) is 30.2 Å². The second-order valence-corrected chi connectivity index (χ2v) is 5.14. The Kier molecular flexibility index (Phi) is 2.38. The van der Waals surface area contributed by atoms with Crippen molar-refractivity contribution >= 4 is 11.0 Å². The van der Waals surface area contributed by atoms with Crippen LogP contribution in [0.15, 0.2) is 33.5 Å². The van der Waals surface area contributed by atoms with E-state index in [0.717, 1.165) is 16.5 Å². The molecule has 0 aliphatic rings. The number of aryl methyl sites for hydroxylation is 1. The summed E-state index contributed by atoms with van der Waals surface area (Å²) in [6.07, 6.45) is 0. The fraction of sp³-hybridized carbons (Fsp3) is 0.357. The molecule has 0 atom stereocenters. The van der Waals surface area contributed by atoms with Crippen LogP contribution >= 0.6 is 0 Å². The molecule has 1 aromatic carbocycles. The maximum atomic E-state index is 11.9. The number of rotatable bonds is 0. The summed E-state index contributed by atoms with van der Waals surface area (Å²) in [6, 6.07) is 7.66. The van der Waals surface area contributed by atoms with Crippen LogP contribution in [-0.2, 0) is 5.41 Å². The van der Waals surface area contributed by atoms with Crippen LogP contribution in [0, 0.1) is 6.92 Å². The van der Waals surface area contributed by atoms with Gasteiger partial charge in [0.1, 0.15) is 5.58 Å². The van der Waals surface area contributed by atoms with Gasteiger partial charge in [-0.15, -0.1) is 0 Å². The molecule has 0 saturated carbocycles. The summed E-state index contributed by atoms with van der Waals surface area (Å²) >= 11 is 0. The fourth-order valence-corrected chi connectivity index (χ4v) is 2.17. The first-order valence-corrected chi connectivity index (χ1v) is 5.44. The van der Waals surface area contributed by atoms with Gasteiger partial charge in [-0.2, -0.15) is 0 Å². The molecule has 0 fully saturated rings. The number of benzene rings is 1. The van der Waals surface area contributed by atoms with Gasteiger partial charge in [-0.25, -0.2) is 4.79 Å². The van der Waals surface area contributed by atoms with Crippen LogP contribution in [0.25, 0.3) is 11.0 Å². The van der Waals surface area contributed by atoms with Crippen molar-refractivity contribution in [1.29, 1.82) is 0 Å². The first-order valence-electron chi connectivity index (χ1n) is 5.44.